The highest BCUT2D eigenvalue weighted by molar-refractivity contribution is 7.18. The zero-order chi connectivity index (χ0) is 50.8. The zero-order valence-corrected chi connectivity index (χ0v) is 42.3. The minimum Gasteiger partial charge on any atom is -0.466 e. The van der Waals surface area contributed by atoms with Crippen LogP contribution in [0, 0.1) is 29.1 Å². The van der Waals surface area contributed by atoms with Crippen molar-refractivity contribution >= 4 is 70.6 Å². The second-order valence-corrected chi connectivity index (χ2v) is 21.6. The maximum Gasteiger partial charge on any atom is 0.314 e. The summed E-state index contributed by atoms with van der Waals surface area (Å²) in [5, 5.41) is 0. The molecule has 2 saturated carbocycles. The number of benzene rings is 3. The molecule has 2 aliphatic carbocycles. The Morgan fingerprint density at radius 2 is 1.07 bits per heavy atom. The molecule has 1 heterocycles. The molecule has 0 atom stereocenters. The van der Waals surface area contributed by atoms with Gasteiger partial charge in [0.1, 0.15) is 28.7 Å². The van der Waals surface area contributed by atoms with Crippen molar-refractivity contribution in [2.24, 2.45) is 29.1 Å². The lowest BCUT2D eigenvalue weighted by Crippen LogP contribution is -2.31. The second-order valence-electron chi connectivity index (χ2n) is 19.9. The molecule has 0 amide bonds. The van der Waals surface area contributed by atoms with Crippen LogP contribution in [-0.2, 0) is 45.3 Å². The fourth-order valence-corrected chi connectivity index (χ4v) is 10.2. The minimum absolute atomic E-state index is 0.0488. The molecule has 6 rings (SSSR count). The van der Waals surface area contributed by atoms with Gasteiger partial charge in [-0.2, -0.15) is 0 Å². The highest BCUT2D eigenvalue weighted by Gasteiger charge is 2.36. The van der Waals surface area contributed by atoms with Crippen molar-refractivity contribution in [2.45, 2.75) is 118 Å². The van der Waals surface area contributed by atoms with E-state index in [0.29, 0.717) is 89.8 Å². The van der Waals surface area contributed by atoms with E-state index in [1.165, 1.54) is 44.2 Å². The van der Waals surface area contributed by atoms with E-state index in [-0.39, 0.29) is 47.2 Å². The van der Waals surface area contributed by atoms with E-state index < -0.39 is 47.0 Å². The quantitative estimate of drug-likeness (QED) is 0.0423. The van der Waals surface area contributed by atoms with Gasteiger partial charge in [0.05, 0.1) is 39.5 Å². The second kappa shape index (κ2) is 23.7. The highest BCUT2D eigenvalue weighted by Crippen LogP contribution is 2.43. The number of allylic oxidation sites excluding steroid dienone is 1. The molecule has 2 aliphatic rings. The number of carbonyl (C=O) groups excluding carboxylic acids is 7. The van der Waals surface area contributed by atoms with Crippen molar-refractivity contribution in [3.05, 3.63) is 105 Å². The fraction of sp³-hybridized carbons (Fsp3) is 0.436. The van der Waals surface area contributed by atoms with Crippen LogP contribution in [0.3, 0.4) is 0 Å². The van der Waals surface area contributed by atoms with Crippen LogP contribution in [0.25, 0.3) is 6.08 Å². The van der Waals surface area contributed by atoms with Crippen molar-refractivity contribution in [2.75, 3.05) is 6.61 Å². The van der Waals surface area contributed by atoms with E-state index in [2.05, 4.69) is 34.6 Å². The molecule has 13 nitrogen and oxygen atoms in total. The number of rotatable bonds is 17. The van der Waals surface area contributed by atoms with Gasteiger partial charge in [0.15, 0.2) is 5.78 Å². The molecule has 0 bridgehead atoms. The van der Waals surface area contributed by atoms with Gasteiger partial charge in [-0.05, 0) is 147 Å². The van der Waals surface area contributed by atoms with Gasteiger partial charge < -0.3 is 28.4 Å². The summed E-state index contributed by atoms with van der Waals surface area (Å²) in [7, 11) is 0. The van der Waals surface area contributed by atoms with E-state index >= 15 is 0 Å². The summed E-state index contributed by atoms with van der Waals surface area (Å²) in [5.74, 6) is -3.21. The van der Waals surface area contributed by atoms with Crippen LogP contribution in [0.4, 0.5) is 0 Å². The van der Waals surface area contributed by atoms with Crippen molar-refractivity contribution in [1.82, 2.24) is 0 Å². The first-order chi connectivity index (χ1) is 33.1. The molecule has 70 heavy (non-hydrogen) atoms. The monoisotopic (exact) mass is 996 g/mol. The van der Waals surface area contributed by atoms with Crippen molar-refractivity contribution in [3.63, 3.8) is 0 Å². The fourth-order valence-electron chi connectivity index (χ4n) is 9.23. The average molecular weight is 998 g/mol. The highest BCUT2D eigenvalue weighted by atomic mass is 35.5. The molecule has 0 N–H and O–H groups in total. The van der Waals surface area contributed by atoms with Gasteiger partial charge in [-0.25, -0.2) is 0 Å². The number of halogens is 1. The van der Waals surface area contributed by atoms with Gasteiger partial charge in [0, 0.05) is 31.4 Å². The molecule has 0 radical (unpaired) electrons. The van der Waals surface area contributed by atoms with Crippen LogP contribution in [0.5, 0.6) is 28.7 Å². The summed E-state index contributed by atoms with van der Waals surface area (Å²) in [6.45, 7) is 13.5. The molecule has 2 fully saturated rings. The van der Waals surface area contributed by atoms with Crippen molar-refractivity contribution in [1.29, 1.82) is 0 Å². The summed E-state index contributed by atoms with van der Waals surface area (Å²) < 4.78 is 34.3. The summed E-state index contributed by atoms with van der Waals surface area (Å²) in [6.07, 6.45) is 7.34. The van der Waals surface area contributed by atoms with Crippen LogP contribution < -0.4 is 23.7 Å². The Morgan fingerprint density at radius 3 is 1.57 bits per heavy atom. The normalized spacial score (nSPS) is 18.3. The standard InChI is InChI=1S/C55H61ClO13S/c1-33(57)64-29-28-35-8-19-41(20-9-35)66-50(60)36-10-12-37(13-11-36)51(61)67-42-21-24-46(40(30-42)18-23-45(59)48-26-27-49(56)70-48)68-52(62)38-14-16-39(17-15-38)53(63)69-47-25-22-43(65-34(2)58)31-44(47)55(6,7)32-54(3,4)5/h8-9,18-27,30-31,36-39H,10-17,28-29,32H2,1-7H3/b23-18+. The first-order valence-electron chi connectivity index (χ1n) is 23.7. The molecule has 3 aromatic carbocycles. The van der Waals surface area contributed by atoms with Crippen LogP contribution in [0.15, 0.2) is 78.9 Å². The molecule has 4 aromatic rings. The Kier molecular flexibility index (Phi) is 18.0. The predicted molar refractivity (Wildman–Crippen MR) is 264 cm³/mol. The van der Waals surface area contributed by atoms with Gasteiger partial charge in [0.25, 0.3) is 0 Å². The lowest BCUT2D eigenvalue weighted by Gasteiger charge is -2.34. The first kappa shape index (κ1) is 53.2. The van der Waals surface area contributed by atoms with E-state index in [0.717, 1.165) is 28.9 Å². The average Bonchev–Trinajstić information content (AvgIpc) is 3.75. The van der Waals surface area contributed by atoms with Crippen LogP contribution in [-0.4, -0.2) is 48.2 Å². The number of hydrogen-bond acceptors (Lipinski definition) is 14. The first-order valence-corrected chi connectivity index (χ1v) is 24.9. The topological polar surface area (TPSA) is 175 Å². The Morgan fingerprint density at radius 1 is 0.586 bits per heavy atom. The Balaban J connectivity index is 1.06. The SMILES string of the molecule is CC(=O)OCCc1ccc(OC(=O)C2CCC(C(=O)Oc3ccc(OC(=O)C4CCC(C(=O)Oc5ccc(OC(C)=O)cc5C(C)(C)CC(C)(C)C)CC4)c(/C=C/C(=O)c4ccc(Cl)s4)c3)CC2)cc1. The predicted octanol–water partition coefficient (Wildman–Crippen LogP) is 11.7. The third kappa shape index (κ3) is 15.4. The van der Waals surface area contributed by atoms with E-state index in [4.69, 9.17) is 40.0 Å². The number of ketones is 1. The molecule has 0 unspecified atom stereocenters. The largest absolute Gasteiger partial charge is 0.466 e. The molecule has 1 aromatic heterocycles. The van der Waals surface area contributed by atoms with Crippen molar-refractivity contribution in [3.8, 4) is 28.7 Å². The van der Waals surface area contributed by atoms with Gasteiger partial charge in [-0.3, -0.25) is 33.6 Å². The van der Waals surface area contributed by atoms with Gasteiger partial charge >= 0.3 is 35.8 Å². The lowest BCUT2D eigenvalue weighted by molar-refractivity contribution is -0.145. The summed E-state index contributed by atoms with van der Waals surface area (Å²) in [6, 6.07) is 19.8. The number of carbonyl (C=O) groups is 7. The van der Waals surface area contributed by atoms with Gasteiger partial charge in [0.2, 0.25) is 0 Å². The smallest absolute Gasteiger partial charge is 0.314 e. The zero-order valence-electron chi connectivity index (χ0n) is 40.8. The van der Waals surface area contributed by atoms with E-state index in [9.17, 15) is 33.6 Å². The van der Waals surface area contributed by atoms with Crippen LogP contribution >= 0.6 is 22.9 Å². The summed E-state index contributed by atoms with van der Waals surface area (Å²) >= 11 is 7.20. The Labute approximate surface area is 418 Å². The molecule has 0 spiro atoms. The maximum atomic E-state index is 13.7. The van der Waals surface area contributed by atoms with Gasteiger partial charge in [-0.1, -0.05) is 58.4 Å². The summed E-state index contributed by atoms with van der Waals surface area (Å²) in [5.41, 5.74) is 1.52. The molecular weight excluding hydrogens is 936 g/mol. The summed E-state index contributed by atoms with van der Waals surface area (Å²) in [4.78, 5) is 90.2. The molecule has 0 saturated heterocycles. The number of hydrogen-bond donors (Lipinski definition) is 0. The third-order valence-electron chi connectivity index (χ3n) is 12.4. The maximum absolute atomic E-state index is 13.7. The molecule has 372 valence electrons. The third-order valence-corrected chi connectivity index (χ3v) is 13.6. The Bertz CT molecular complexity index is 2590. The molecular formula is C55H61ClO13S. The van der Waals surface area contributed by atoms with E-state index in [1.54, 1.807) is 42.5 Å². The van der Waals surface area contributed by atoms with E-state index in [1.807, 2.05) is 12.1 Å². The van der Waals surface area contributed by atoms with Gasteiger partial charge in [-0.15, -0.1) is 11.3 Å². The number of ether oxygens (including phenoxy) is 6. The number of esters is 6. The van der Waals surface area contributed by atoms with Crippen molar-refractivity contribution < 1.29 is 62.0 Å². The van der Waals surface area contributed by atoms with Crippen LogP contribution in [0.2, 0.25) is 4.34 Å². The minimum atomic E-state index is -0.518. The Hall–Kier alpha value is -6.12. The number of thiophene rings is 1. The molecule has 15 heteroatoms. The lowest BCUT2D eigenvalue weighted by atomic mass is 9.72. The van der Waals surface area contributed by atoms with Crippen LogP contribution in [0.1, 0.15) is 133 Å². The molecule has 0 aliphatic heterocycles.